The van der Waals surface area contributed by atoms with Crippen LogP contribution in [0.3, 0.4) is 0 Å². The molecule has 22 heavy (non-hydrogen) atoms. The molecule has 0 aliphatic heterocycles. The van der Waals surface area contributed by atoms with Crippen LogP contribution in [-0.4, -0.2) is 17.9 Å². The van der Waals surface area contributed by atoms with Crippen molar-refractivity contribution in [3.8, 4) is 0 Å². The first-order valence-electron chi connectivity index (χ1n) is 8.31. The van der Waals surface area contributed by atoms with Crippen molar-refractivity contribution in [1.29, 1.82) is 0 Å². The average molecular weight is 322 g/mol. The van der Waals surface area contributed by atoms with Crippen molar-refractivity contribution in [3.63, 3.8) is 0 Å². The Morgan fingerprint density at radius 3 is 2.64 bits per heavy atom. The van der Waals surface area contributed by atoms with Gasteiger partial charge in [0.2, 0.25) is 11.8 Å². The zero-order chi connectivity index (χ0) is 15.8. The van der Waals surface area contributed by atoms with Crippen molar-refractivity contribution in [2.45, 2.75) is 70.4 Å². The summed E-state index contributed by atoms with van der Waals surface area (Å²) in [5.74, 6) is -0.0290. The molecule has 2 N–H and O–H groups in total. The molecule has 4 nitrogen and oxygen atoms in total. The second kappa shape index (κ2) is 8.93. The molecule has 122 valence electrons. The fourth-order valence-corrected chi connectivity index (χ4v) is 3.74. The van der Waals surface area contributed by atoms with Crippen LogP contribution in [0.1, 0.15) is 69.2 Å². The number of nitrogens with one attached hydrogen (secondary N) is 2. The maximum atomic E-state index is 12.1. The van der Waals surface area contributed by atoms with Crippen LogP contribution < -0.4 is 10.6 Å². The third kappa shape index (κ3) is 5.44. The van der Waals surface area contributed by atoms with Crippen LogP contribution in [0.15, 0.2) is 17.5 Å². The molecule has 2 rings (SSSR count). The van der Waals surface area contributed by atoms with Crippen LogP contribution in [0.4, 0.5) is 0 Å². The maximum absolute atomic E-state index is 12.1. The van der Waals surface area contributed by atoms with Crippen LogP contribution in [-0.2, 0) is 9.59 Å². The minimum Gasteiger partial charge on any atom is -0.353 e. The normalized spacial score (nSPS) is 16.4. The van der Waals surface area contributed by atoms with Gasteiger partial charge in [-0.25, -0.2) is 0 Å². The average Bonchev–Trinajstić information content (AvgIpc) is 3.18. The van der Waals surface area contributed by atoms with Gasteiger partial charge in [-0.1, -0.05) is 32.3 Å². The van der Waals surface area contributed by atoms with Crippen molar-refractivity contribution in [2.75, 3.05) is 0 Å². The van der Waals surface area contributed by atoms with Gasteiger partial charge in [0.25, 0.3) is 0 Å². The van der Waals surface area contributed by atoms with Gasteiger partial charge in [0, 0.05) is 23.8 Å². The summed E-state index contributed by atoms with van der Waals surface area (Å²) >= 11 is 1.66. The molecule has 1 heterocycles. The molecule has 5 heteroatoms. The summed E-state index contributed by atoms with van der Waals surface area (Å²) in [6, 6.07) is 4.46. The van der Waals surface area contributed by atoms with Crippen molar-refractivity contribution in [1.82, 2.24) is 10.6 Å². The lowest BCUT2D eigenvalue weighted by Crippen LogP contribution is -2.34. The van der Waals surface area contributed by atoms with Crippen LogP contribution in [0.5, 0.6) is 0 Å². The van der Waals surface area contributed by atoms with Gasteiger partial charge in [0.15, 0.2) is 0 Å². The molecule has 1 saturated carbocycles. The third-order valence-corrected chi connectivity index (χ3v) is 5.08. The summed E-state index contributed by atoms with van der Waals surface area (Å²) in [5, 5.41) is 8.11. The molecule has 0 radical (unpaired) electrons. The number of rotatable bonds is 8. The van der Waals surface area contributed by atoms with E-state index in [-0.39, 0.29) is 30.7 Å². The Hall–Kier alpha value is -1.36. The number of carbonyl (C=O) groups excluding carboxylic acids is 2. The highest BCUT2D eigenvalue weighted by Gasteiger charge is 2.19. The van der Waals surface area contributed by atoms with Gasteiger partial charge in [0.1, 0.15) is 0 Å². The maximum Gasteiger partial charge on any atom is 0.221 e. The predicted molar refractivity (Wildman–Crippen MR) is 89.7 cm³/mol. The molecule has 0 saturated heterocycles. The van der Waals surface area contributed by atoms with Crippen LogP contribution in [0, 0.1) is 0 Å². The molecule has 1 aromatic heterocycles. The molecular weight excluding hydrogens is 296 g/mol. The summed E-state index contributed by atoms with van der Waals surface area (Å²) in [4.78, 5) is 25.1. The number of hydrogen-bond acceptors (Lipinski definition) is 3. The number of carbonyl (C=O) groups is 2. The molecule has 1 fully saturated rings. The minimum atomic E-state index is -0.0339. The second-order valence-corrected chi connectivity index (χ2v) is 6.95. The predicted octanol–water partition coefficient (Wildman–Crippen LogP) is 3.54. The molecule has 2 amide bonds. The van der Waals surface area contributed by atoms with E-state index in [4.69, 9.17) is 0 Å². The first-order chi connectivity index (χ1) is 10.7. The van der Waals surface area contributed by atoms with E-state index in [0.717, 1.165) is 25.7 Å². The third-order valence-electron chi connectivity index (χ3n) is 4.10. The highest BCUT2D eigenvalue weighted by Crippen LogP contribution is 2.23. The van der Waals surface area contributed by atoms with Gasteiger partial charge in [-0.15, -0.1) is 11.3 Å². The van der Waals surface area contributed by atoms with E-state index in [2.05, 4.69) is 23.6 Å². The summed E-state index contributed by atoms with van der Waals surface area (Å²) in [6.45, 7) is 2.11. The van der Waals surface area contributed by atoms with Crippen molar-refractivity contribution in [2.24, 2.45) is 0 Å². The quantitative estimate of drug-likeness (QED) is 0.769. The highest BCUT2D eigenvalue weighted by molar-refractivity contribution is 7.10. The molecule has 0 aromatic carbocycles. The number of amides is 2. The number of thiophene rings is 1. The Balaban J connectivity index is 1.72. The van der Waals surface area contributed by atoms with Crippen molar-refractivity contribution < 1.29 is 9.59 Å². The number of hydrogen-bond donors (Lipinski definition) is 2. The fraction of sp³-hybridized carbons (Fsp3) is 0.647. The van der Waals surface area contributed by atoms with Gasteiger partial charge in [-0.3, -0.25) is 9.59 Å². The van der Waals surface area contributed by atoms with E-state index in [1.807, 2.05) is 11.4 Å². The van der Waals surface area contributed by atoms with E-state index in [1.165, 1.54) is 17.7 Å². The lowest BCUT2D eigenvalue weighted by molar-refractivity contribution is -0.127. The Morgan fingerprint density at radius 2 is 2.00 bits per heavy atom. The Labute approximate surface area is 136 Å². The molecular formula is C17H26N2O2S. The Kier molecular flexibility index (Phi) is 6.90. The summed E-state index contributed by atoms with van der Waals surface area (Å²) < 4.78 is 0. The second-order valence-electron chi connectivity index (χ2n) is 5.97. The topological polar surface area (TPSA) is 58.2 Å². The van der Waals surface area contributed by atoms with E-state index in [0.29, 0.717) is 6.04 Å². The van der Waals surface area contributed by atoms with Gasteiger partial charge in [-0.05, 0) is 30.7 Å². The fourth-order valence-electron chi connectivity index (χ4n) is 2.93. The Morgan fingerprint density at radius 1 is 1.27 bits per heavy atom. The summed E-state index contributed by atoms with van der Waals surface area (Å²) in [6.07, 6.45) is 7.06. The van der Waals surface area contributed by atoms with E-state index < -0.39 is 0 Å². The van der Waals surface area contributed by atoms with Gasteiger partial charge in [0.05, 0.1) is 6.04 Å². The minimum absolute atomic E-state index is 0.00483. The van der Waals surface area contributed by atoms with Gasteiger partial charge in [-0.2, -0.15) is 0 Å². The van der Waals surface area contributed by atoms with Crippen molar-refractivity contribution in [3.05, 3.63) is 22.4 Å². The lowest BCUT2D eigenvalue weighted by Gasteiger charge is -2.17. The molecule has 1 atom stereocenters. The standard InChI is InChI=1S/C17H26N2O2S/c1-2-6-14(15-9-5-12-22-15)19-17(21)11-10-16(20)18-13-7-3-4-8-13/h5,9,12-14H,2-4,6-8,10-11H2,1H3,(H,18,20)(H,19,21)/t14-/m1/s1. The van der Waals surface area contributed by atoms with Crippen LogP contribution in [0.2, 0.25) is 0 Å². The zero-order valence-electron chi connectivity index (χ0n) is 13.3. The Bertz CT molecular complexity index is 467. The molecule has 0 unspecified atom stereocenters. The van der Waals surface area contributed by atoms with E-state index >= 15 is 0 Å². The van der Waals surface area contributed by atoms with Crippen LogP contribution in [0.25, 0.3) is 0 Å². The molecule has 1 aromatic rings. The monoisotopic (exact) mass is 322 g/mol. The van der Waals surface area contributed by atoms with Gasteiger partial charge < -0.3 is 10.6 Å². The summed E-state index contributed by atoms with van der Waals surface area (Å²) in [5.41, 5.74) is 0. The zero-order valence-corrected chi connectivity index (χ0v) is 14.1. The van der Waals surface area contributed by atoms with Crippen molar-refractivity contribution >= 4 is 23.2 Å². The van der Waals surface area contributed by atoms with Gasteiger partial charge >= 0.3 is 0 Å². The lowest BCUT2D eigenvalue weighted by atomic mass is 10.1. The van der Waals surface area contributed by atoms with E-state index in [9.17, 15) is 9.59 Å². The molecule has 0 spiro atoms. The summed E-state index contributed by atoms with van der Waals surface area (Å²) in [7, 11) is 0. The smallest absolute Gasteiger partial charge is 0.221 e. The molecule has 1 aliphatic carbocycles. The SMILES string of the molecule is CCC[C@@H](NC(=O)CCC(=O)NC1CCCC1)c1cccs1. The first-order valence-corrected chi connectivity index (χ1v) is 9.19. The highest BCUT2D eigenvalue weighted by atomic mass is 32.1. The van der Waals surface area contributed by atoms with Crippen LogP contribution >= 0.6 is 11.3 Å². The first kappa shape index (κ1) is 17.0. The molecule has 1 aliphatic rings. The molecule has 0 bridgehead atoms. The largest absolute Gasteiger partial charge is 0.353 e. The van der Waals surface area contributed by atoms with E-state index in [1.54, 1.807) is 11.3 Å².